The van der Waals surface area contributed by atoms with Gasteiger partial charge in [-0.2, -0.15) is 0 Å². The summed E-state index contributed by atoms with van der Waals surface area (Å²) in [5, 5.41) is 6.73. The SMILES string of the molecule is CC(CNC1=NCCCN1)N1CCc2ccccc21. The molecule has 0 aliphatic carbocycles. The lowest BCUT2D eigenvalue weighted by Gasteiger charge is -2.28. The maximum Gasteiger partial charge on any atom is 0.191 e. The van der Waals surface area contributed by atoms with Gasteiger partial charge in [0.2, 0.25) is 0 Å². The minimum atomic E-state index is 0.482. The number of rotatable bonds is 3. The second-order valence-corrected chi connectivity index (χ2v) is 5.31. The fourth-order valence-electron chi connectivity index (χ4n) is 2.83. The molecular formula is C15H22N4. The molecule has 0 amide bonds. The molecule has 0 spiro atoms. The van der Waals surface area contributed by atoms with E-state index in [1.165, 1.54) is 17.7 Å². The van der Waals surface area contributed by atoms with Crippen LogP contribution in [-0.4, -0.2) is 38.2 Å². The van der Waals surface area contributed by atoms with Gasteiger partial charge in [-0.1, -0.05) is 18.2 Å². The molecule has 1 atom stereocenters. The predicted octanol–water partition coefficient (Wildman–Crippen LogP) is 1.38. The quantitative estimate of drug-likeness (QED) is 0.860. The average Bonchev–Trinajstić information content (AvgIpc) is 2.90. The van der Waals surface area contributed by atoms with E-state index in [2.05, 4.69) is 51.7 Å². The fourth-order valence-corrected chi connectivity index (χ4v) is 2.83. The Kier molecular flexibility index (Phi) is 3.58. The van der Waals surface area contributed by atoms with Crippen molar-refractivity contribution < 1.29 is 0 Å². The first-order valence-electron chi connectivity index (χ1n) is 7.21. The Morgan fingerprint density at radius 3 is 3.16 bits per heavy atom. The topological polar surface area (TPSA) is 39.7 Å². The molecule has 2 aliphatic heterocycles. The summed E-state index contributed by atoms with van der Waals surface area (Å²) in [7, 11) is 0. The van der Waals surface area contributed by atoms with Crippen LogP contribution >= 0.6 is 0 Å². The molecule has 2 heterocycles. The van der Waals surface area contributed by atoms with Gasteiger partial charge in [0.15, 0.2) is 5.96 Å². The van der Waals surface area contributed by atoms with Crippen molar-refractivity contribution in [2.45, 2.75) is 25.8 Å². The highest BCUT2D eigenvalue weighted by atomic mass is 15.2. The van der Waals surface area contributed by atoms with Gasteiger partial charge >= 0.3 is 0 Å². The van der Waals surface area contributed by atoms with Crippen molar-refractivity contribution in [3.8, 4) is 0 Å². The zero-order valence-electron chi connectivity index (χ0n) is 11.5. The van der Waals surface area contributed by atoms with Crippen LogP contribution in [0.5, 0.6) is 0 Å². The molecular weight excluding hydrogens is 236 g/mol. The highest BCUT2D eigenvalue weighted by Crippen LogP contribution is 2.28. The molecule has 4 heteroatoms. The highest BCUT2D eigenvalue weighted by molar-refractivity contribution is 5.80. The minimum absolute atomic E-state index is 0.482. The smallest absolute Gasteiger partial charge is 0.191 e. The standard InChI is InChI=1S/C15H22N4/c1-12(11-18-15-16-8-4-9-17-15)19-10-7-13-5-2-3-6-14(13)19/h2-3,5-6,12H,4,7-11H2,1H3,(H2,16,17,18). The van der Waals surface area contributed by atoms with Crippen LogP contribution in [0.15, 0.2) is 29.3 Å². The molecule has 2 N–H and O–H groups in total. The lowest BCUT2D eigenvalue weighted by molar-refractivity contribution is 0.615. The molecule has 2 aliphatic rings. The Morgan fingerprint density at radius 1 is 1.42 bits per heavy atom. The van der Waals surface area contributed by atoms with E-state index in [0.29, 0.717) is 6.04 Å². The highest BCUT2D eigenvalue weighted by Gasteiger charge is 2.22. The van der Waals surface area contributed by atoms with Crippen LogP contribution in [0.4, 0.5) is 5.69 Å². The van der Waals surface area contributed by atoms with Crippen LogP contribution < -0.4 is 15.5 Å². The number of fused-ring (bicyclic) bond motifs is 1. The summed E-state index contributed by atoms with van der Waals surface area (Å²) in [6.07, 6.45) is 2.31. The first-order chi connectivity index (χ1) is 9.34. The van der Waals surface area contributed by atoms with E-state index in [1.807, 2.05) is 0 Å². The van der Waals surface area contributed by atoms with Gasteiger partial charge in [0, 0.05) is 37.9 Å². The van der Waals surface area contributed by atoms with E-state index in [9.17, 15) is 0 Å². The van der Waals surface area contributed by atoms with Gasteiger partial charge in [0.25, 0.3) is 0 Å². The molecule has 1 aromatic carbocycles. The number of nitrogens with one attached hydrogen (secondary N) is 2. The van der Waals surface area contributed by atoms with Crippen molar-refractivity contribution in [1.29, 1.82) is 0 Å². The lowest BCUT2D eigenvalue weighted by Crippen LogP contribution is -2.47. The van der Waals surface area contributed by atoms with Gasteiger partial charge in [-0.25, -0.2) is 0 Å². The van der Waals surface area contributed by atoms with Crippen molar-refractivity contribution in [2.24, 2.45) is 4.99 Å². The Balaban J connectivity index is 1.59. The summed E-state index contributed by atoms with van der Waals surface area (Å²) in [6.45, 7) is 6.31. The van der Waals surface area contributed by atoms with Gasteiger partial charge in [-0.3, -0.25) is 4.99 Å². The summed E-state index contributed by atoms with van der Waals surface area (Å²) < 4.78 is 0. The fraction of sp³-hybridized carbons (Fsp3) is 0.533. The van der Waals surface area contributed by atoms with Crippen molar-refractivity contribution in [3.05, 3.63) is 29.8 Å². The molecule has 1 unspecified atom stereocenters. The number of anilines is 1. The molecule has 0 saturated carbocycles. The van der Waals surface area contributed by atoms with E-state index in [1.54, 1.807) is 0 Å². The molecule has 0 radical (unpaired) electrons. The molecule has 102 valence electrons. The molecule has 4 nitrogen and oxygen atoms in total. The summed E-state index contributed by atoms with van der Waals surface area (Å²) in [4.78, 5) is 6.94. The monoisotopic (exact) mass is 258 g/mol. The third kappa shape index (κ3) is 2.67. The number of benzene rings is 1. The molecule has 0 fully saturated rings. The first-order valence-corrected chi connectivity index (χ1v) is 7.21. The predicted molar refractivity (Wildman–Crippen MR) is 79.9 cm³/mol. The minimum Gasteiger partial charge on any atom is -0.366 e. The molecule has 3 rings (SSSR count). The summed E-state index contributed by atoms with van der Waals surface area (Å²) in [5.74, 6) is 0.964. The summed E-state index contributed by atoms with van der Waals surface area (Å²) in [5.41, 5.74) is 2.87. The van der Waals surface area contributed by atoms with Crippen molar-refractivity contribution in [2.75, 3.05) is 31.1 Å². The largest absolute Gasteiger partial charge is 0.366 e. The van der Waals surface area contributed by atoms with Crippen molar-refractivity contribution >= 4 is 11.6 Å². The Hall–Kier alpha value is -1.71. The number of aliphatic imine (C=N–C) groups is 1. The van der Waals surface area contributed by atoms with Gasteiger partial charge in [-0.15, -0.1) is 0 Å². The Bertz CT molecular complexity index is 469. The second kappa shape index (κ2) is 5.51. The molecule has 19 heavy (non-hydrogen) atoms. The second-order valence-electron chi connectivity index (χ2n) is 5.31. The zero-order chi connectivity index (χ0) is 13.1. The van der Waals surface area contributed by atoms with E-state index >= 15 is 0 Å². The van der Waals surface area contributed by atoms with E-state index < -0.39 is 0 Å². The molecule has 1 aromatic rings. The van der Waals surface area contributed by atoms with Gasteiger partial charge in [-0.05, 0) is 31.4 Å². The number of guanidine groups is 1. The third-order valence-corrected chi connectivity index (χ3v) is 3.92. The van der Waals surface area contributed by atoms with Crippen LogP contribution in [0, 0.1) is 0 Å². The molecule has 0 saturated heterocycles. The molecule has 0 aromatic heterocycles. The van der Waals surface area contributed by atoms with Crippen molar-refractivity contribution in [1.82, 2.24) is 10.6 Å². The number of hydrogen-bond donors (Lipinski definition) is 2. The summed E-state index contributed by atoms with van der Waals surface area (Å²) >= 11 is 0. The van der Waals surface area contributed by atoms with Gasteiger partial charge in [0.05, 0.1) is 0 Å². The van der Waals surface area contributed by atoms with Crippen LogP contribution in [0.1, 0.15) is 18.9 Å². The average molecular weight is 258 g/mol. The van der Waals surface area contributed by atoms with Gasteiger partial charge in [0.1, 0.15) is 0 Å². The van der Waals surface area contributed by atoms with Crippen LogP contribution in [0.25, 0.3) is 0 Å². The first kappa shape index (κ1) is 12.3. The zero-order valence-corrected chi connectivity index (χ0v) is 11.5. The van der Waals surface area contributed by atoms with E-state index in [4.69, 9.17) is 0 Å². The maximum atomic E-state index is 4.45. The number of para-hydroxylation sites is 1. The third-order valence-electron chi connectivity index (χ3n) is 3.92. The van der Waals surface area contributed by atoms with E-state index in [-0.39, 0.29) is 0 Å². The van der Waals surface area contributed by atoms with Gasteiger partial charge < -0.3 is 15.5 Å². The van der Waals surface area contributed by atoms with Crippen LogP contribution in [0.2, 0.25) is 0 Å². The van der Waals surface area contributed by atoms with Crippen molar-refractivity contribution in [3.63, 3.8) is 0 Å². The summed E-state index contributed by atoms with van der Waals surface area (Å²) in [6, 6.07) is 9.21. The lowest BCUT2D eigenvalue weighted by atomic mass is 10.2. The van der Waals surface area contributed by atoms with Crippen LogP contribution in [0.3, 0.4) is 0 Å². The molecule has 0 bridgehead atoms. The number of hydrogen-bond acceptors (Lipinski definition) is 4. The van der Waals surface area contributed by atoms with Crippen LogP contribution in [-0.2, 0) is 6.42 Å². The normalized spacial score (nSPS) is 19.4. The Morgan fingerprint density at radius 2 is 2.32 bits per heavy atom. The maximum absolute atomic E-state index is 4.45. The number of nitrogens with zero attached hydrogens (tertiary/aromatic N) is 2. The Labute approximate surface area is 114 Å². The van der Waals surface area contributed by atoms with E-state index in [0.717, 1.165) is 38.6 Å².